The molecule has 0 radical (unpaired) electrons. The number of carbonyl (C=O) groups excluding carboxylic acids is 2. The Kier molecular flexibility index (Phi) is 7.86. The molecule has 0 fully saturated rings. The molecule has 172 valence electrons. The van der Waals surface area contributed by atoms with E-state index in [0.717, 1.165) is 15.4 Å². The fraction of sp³-hybridized carbons (Fsp3) is 0.167. The van der Waals surface area contributed by atoms with Gasteiger partial charge in [-0.15, -0.1) is 0 Å². The molecule has 0 aliphatic heterocycles. The second-order valence-corrected chi connectivity index (χ2v) is 9.61. The summed E-state index contributed by atoms with van der Waals surface area (Å²) in [6, 6.07) is 19.4. The Hall–Kier alpha value is -3.20. The molecule has 0 saturated carbocycles. The second kappa shape index (κ2) is 10.6. The quantitative estimate of drug-likeness (QED) is 0.480. The molecule has 0 unspecified atom stereocenters. The minimum Gasteiger partial charge on any atom is -0.465 e. The molecule has 0 heterocycles. The summed E-state index contributed by atoms with van der Waals surface area (Å²) in [5, 5.41) is 3.02. The van der Waals surface area contributed by atoms with Crippen LogP contribution < -0.4 is 5.32 Å². The number of methoxy groups -OCH3 is 1. The summed E-state index contributed by atoms with van der Waals surface area (Å²) in [6.07, 6.45) is 0. The van der Waals surface area contributed by atoms with Crippen molar-refractivity contribution in [2.24, 2.45) is 0 Å². The number of nitrogens with zero attached hydrogens (tertiary/aromatic N) is 1. The number of carbonyl (C=O) groups is 2. The van der Waals surface area contributed by atoms with E-state index in [0.29, 0.717) is 5.02 Å². The van der Waals surface area contributed by atoms with Crippen molar-refractivity contribution in [1.82, 2.24) is 4.31 Å². The van der Waals surface area contributed by atoms with E-state index < -0.39 is 28.4 Å². The van der Waals surface area contributed by atoms with E-state index in [9.17, 15) is 18.0 Å². The lowest BCUT2D eigenvalue weighted by Gasteiger charge is -2.23. The van der Waals surface area contributed by atoms with Gasteiger partial charge in [0.25, 0.3) is 0 Å². The van der Waals surface area contributed by atoms with Gasteiger partial charge in [-0.1, -0.05) is 48.0 Å². The molecule has 0 saturated heterocycles. The van der Waals surface area contributed by atoms with Crippen molar-refractivity contribution >= 4 is 39.2 Å². The normalized spacial score (nSPS) is 11.3. The van der Waals surface area contributed by atoms with Crippen molar-refractivity contribution in [3.63, 3.8) is 0 Å². The minimum absolute atomic E-state index is 0.0102. The number of esters is 1. The number of aryl methyl sites for hydroxylation is 1. The van der Waals surface area contributed by atoms with E-state index in [2.05, 4.69) is 5.32 Å². The summed E-state index contributed by atoms with van der Waals surface area (Å²) in [4.78, 5) is 24.9. The maximum absolute atomic E-state index is 13.4. The zero-order chi connectivity index (χ0) is 24.0. The van der Waals surface area contributed by atoms with Crippen LogP contribution >= 0.6 is 11.6 Å². The summed E-state index contributed by atoms with van der Waals surface area (Å²) in [5.41, 5.74) is 2.05. The Bertz CT molecular complexity index is 1260. The molecule has 0 aromatic heterocycles. The van der Waals surface area contributed by atoms with Gasteiger partial charge >= 0.3 is 5.97 Å². The van der Waals surface area contributed by atoms with E-state index >= 15 is 0 Å². The van der Waals surface area contributed by atoms with Gasteiger partial charge in [-0.05, 0) is 54.4 Å². The van der Waals surface area contributed by atoms with Crippen LogP contribution in [0.5, 0.6) is 0 Å². The first-order chi connectivity index (χ1) is 15.7. The van der Waals surface area contributed by atoms with Crippen molar-refractivity contribution < 1.29 is 22.7 Å². The predicted octanol–water partition coefficient (Wildman–Crippen LogP) is 4.26. The van der Waals surface area contributed by atoms with Crippen LogP contribution in [0.1, 0.15) is 21.5 Å². The van der Waals surface area contributed by atoms with Gasteiger partial charge in [-0.3, -0.25) is 4.79 Å². The van der Waals surface area contributed by atoms with Gasteiger partial charge in [0, 0.05) is 11.6 Å². The van der Waals surface area contributed by atoms with Crippen LogP contribution in [0.25, 0.3) is 0 Å². The van der Waals surface area contributed by atoms with Gasteiger partial charge in [0.15, 0.2) is 0 Å². The lowest BCUT2D eigenvalue weighted by Crippen LogP contribution is -2.38. The van der Waals surface area contributed by atoms with Crippen molar-refractivity contribution in [3.05, 3.63) is 94.5 Å². The number of nitrogens with one attached hydrogen (secondary N) is 1. The van der Waals surface area contributed by atoms with Crippen LogP contribution in [0.15, 0.2) is 77.7 Å². The van der Waals surface area contributed by atoms with Crippen LogP contribution in [0.4, 0.5) is 5.69 Å². The Morgan fingerprint density at radius 2 is 1.61 bits per heavy atom. The Balaban J connectivity index is 1.92. The number of ether oxygens (including phenoxy) is 1. The Labute approximate surface area is 198 Å². The van der Waals surface area contributed by atoms with Gasteiger partial charge in [0.05, 0.1) is 29.8 Å². The molecule has 33 heavy (non-hydrogen) atoms. The molecule has 3 aromatic carbocycles. The molecule has 9 heteroatoms. The van der Waals surface area contributed by atoms with Crippen molar-refractivity contribution in [3.8, 4) is 0 Å². The largest absolute Gasteiger partial charge is 0.465 e. The topological polar surface area (TPSA) is 92.8 Å². The summed E-state index contributed by atoms with van der Waals surface area (Å²) in [7, 11) is -2.79. The van der Waals surface area contributed by atoms with Crippen molar-refractivity contribution in [2.45, 2.75) is 18.4 Å². The zero-order valence-electron chi connectivity index (χ0n) is 18.1. The molecule has 1 N–H and O–H groups in total. The van der Waals surface area contributed by atoms with Crippen molar-refractivity contribution in [1.29, 1.82) is 0 Å². The zero-order valence-corrected chi connectivity index (χ0v) is 19.7. The van der Waals surface area contributed by atoms with Crippen LogP contribution in [0.2, 0.25) is 5.02 Å². The van der Waals surface area contributed by atoms with E-state index in [-0.39, 0.29) is 22.7 Å². The number of para-hydroxylation sites is 1. The molecular weight excluding hydrogens is 464 g/mol. The first kappa shape index (κ1) is 24.4. The Morgan fingerprint density at radius 3 is 2.27 bits per heavy atom. The molecule has 1 amide bonds. The first-order valence-electron chi connectivity index (χ1n) is 10.00. The van der Waals surface area contributed by atoms with Gasteiger partial charge in [-0.2, -0.15) is 4.31 Å². The molecule has 0 aliphatic rings. The first-order valence-corrected chi connectivity index (χ1v) is 11.8. The lowest BCUT2D eigenvalue weighted by molar-refractivity contribution is -0.116. The van der Waals surface area contributed by atoms with E-state index in [1.54, 1.807) is 18.2 Å². The standard InChI is InChI=1S/C24H23ClN2O5S/c1-17-7-3-4-8-18(17)15-27(33(30,31)20-13-11-19(25)12-14-20)16-23(28)26-22-10-6-5-9-21(22)24(29)32-2/h3-14H,15-16H2,1-2H3,(H,26,28). The van der Waals surface area contributed by atoms with Gasteiger partial charge in [-0.25, -0.2) is 13.2 Å². The molecule has 3 aromatic rings. The third-order valence-electron chi connectivity index (χ3n) is 4.99. The number of halogens is 1. The molecule has 0 atom stereocenters. The highest BCUT2D eigenvalue weighted by Gasteiger charge is 2.28. The number of amides is 1. The van der Waals surface area contributed by atoms with E-state index in [1.165, 1.54) is 37.4 Å². The van der Waals surface area contributed by atoms with Gasteiger partial charge < -0.3 is 10.1 Å². The maximum atomic E-state index is 13.4. The average molecular weight is 487 g/mol. The van der Waals surface area contributed by atoms with Gasteiger partial charge in [0.1, 0.15) is 0 Å². The molecule has 0 spiro atoms. The van der Waals surface area contributed by atoms with Crippen LogP contribution in [-0.2, 0) is 26.1 Å². The van der Waals surface area contributed by atoms with Crippen LogP contribution in [0.3, 0.4) is 0 Å². The van der Waals surface area contributed by atoms with Crippen molar-refractivity contribution in [2.75, 3.05) is 19.0 Å². The summed E-state index contributed by atoms with van der Waals surface area (Å²) in [6.45, 7) is 1.40. The monoisotopic (exact) mass is 486 g/mol. The third-order valence-corrected chi connectivity index (χ3v) is 7.04. The molecule has 0 bridgehead atoms. The second-order valence-electron chi connectivity index (χ2n) is 7.24. The number of rotatable bonds is 8. The fourth-order valence-corrected chi connectivity index (χ4v) is 4.69. The number of anilines is 1. The van der Waals surface area contributed by atoms with E-state index in [1.807, 2.05) is 31.2 Å². The predicted molar refractivity (Wildman–Crippen MR) is 127 cm³/mol. The smallest absolute Gasteiger partial charge is 0.339 e. The molecular formula is C24H23ClN2O5S. The SMILES string of the molecule is COC(=O)c1ccccc1NC(=O)CN(Cc1ccccc1C)S(=O)(=O)c1ccc(Cl)cc1. The highest BCUT2D eigenvalue weighted by molar-refractivity contribution is 7.89. The number of hydrogen-bond donors (Lipinski definition) is 1. The van der Waals surface area contributed by atoms with Crippen LogP contribution in [0, 0.1) is 6.92 Å². The van der Waals surface area contributed by atoms with Gasteiger partial charge in [0.2, 0.25) is 15.9 Å². The third kappa shape index (κ3) is 5.98. The lowest BCUT2D eigenvalue weighted by atomic mass is 10.1. The van der Waals surface area contributed by atoms with Crippen LogP contribution in [-0.4, -0.2) is 38.3 Å². The number of hydrogen-bond acceptors (Lipinski definition) is 5. The van der Waals surface area contributed by atoms with E-state index in [4.69, 9.17) is 16.3 Å². The highest BCUT2D eigenvalue weighted by Crippen LogP contribution is 2.22. The number of benzene rings is 3. The summed E-state index contributed by atoms with van der Waals surface area (Å²) >= 11 is 5.91. The molecule has 7 nitrogen and oxygen atoms in total. The molecule has 0 aliphatic carbocycles. The summed E-state index contributed by atoms with van der Waals surface area (Å²) in [5.74, 6) is -1.21. The average Bonchev–Trinajstić information content (AvgIpc) is 2.80. The Morgan fingerprint density at radius 1 is 0.970 bits per heavy atom. The highest BCUT2D eigenvalue weighted by atomic mass is 35.5. The summed E-state index contributed by atoms with van der Waals surface area (Å²) < 4.78 is 32.6. The molecule has 3 rings (SSSR count). The number of sulfonamides is 1. The minimum atomic E-state index is -4.03. The fourth-order valence-electron chi connectivity index (χ4n) is 3.19. The maximum Gasteiger partial charge on any atom is 0.339 e.